The third-order valence-electron chi connectivity index (χ3n) is 2.46. The largest absolute Gasteiger partial charge is 0.733 e. The second-order valence-electron chi connectivity index (χ2n) is 3.85. The first kappa shape index (κ1) is 16.4. The van der Waals surface area contributed by atoms with Crippen molar-refractivity contribution in [1.29, 1.82) is 0 Å². The number of amides is 1. The summed E-state index contributed by atoms with van der Waals surface area (Å²) in [6.07, 6.45) is 0. The van der Waals surface area contributed by atoms with Gasteiger partial charge in [-0.15, -0.1) is 0 Å². The van der Waals surface area contributed by atoms with Crippen LogP contribution in [0, 0.1) is 5.21 Å². The number of carbonyl (C=O) groups is 3. The standard InChI is InChI=1S/C12H13N2O7/c1-6(15)13-9-4-7(11(16)20-2)8(12(17)21-3)5-10(9)14(18)19/h4-5,18H,1-3H3,(H,13,15)/q-1. The number of anilines is 2. The van der Waals surface area contributed by atoms with Gasteiger partial charge in [0.1, 0.15) is 0 Å². The average Bonchev–Trinajstić information content (AvgIpc) is 2.44. The minimum atomic E-state index is -0.909. The van der Waals surface area contributed by atoms with Crippen molar-refractivity contribution in [2.75, 3.05) is 24.8 Å². The van der Waals surface area contributed by atoms with Crippen LogP contribution >= 0.6 is 0 Å². The molecule has 1 aromatic rings. The van der Waals surface area contributed by atoms with Crippen LogP contribution in [0.4, 0.5) is 11.4 Å². The Labute approximate surface area is 119 Å². The molecule has 0 aliphatic rings. The van der Waals surface area contributed by atoms with E-state index in [1.54, 1.807) is 0 Å². The van der Waals surface area contributed by atoms with Gasteiger partial charge in [-0.05, 0) is 12.1 Å². The normalized spacial score (nSPS) is 9.76. The number of nitrogens with one attached hydrogen (secondary N) is 1. The summed E-state index contributed by atoms with van der Waals surface area (Å²) in [5.74, 6) is -2.32. The van der Waals surface area contributed by atoms with Crippen molar-refractivity contribution in [3.05, 3.63) is 28.5 Å². The zero-order valence-electron chi connectivity index (χ0n) is 11.5. The molecular formula is C12H13N2O7-. The Kier molecular flexibility index (Phi) is 5.22. The van der Waals surface area contributed by atoms with Gasteiger partial charge >= 0.3 is 11.9 Å². The number of benzene rings is 1. The summed E-state index contributed by atoms with van der Waals surface area (Å²) in [5, 5.41) is 21.9. The molecule has 1 rings (SSSR count). The lowest BCUT2D eigenvalue weighted by Crippen LogP contribution is -2.18. The predicted molar refractivity (Wildman–Crippen MR) is 71.1 cm³/mol. The smallest absolute Gasteiger partial charge is 0.338 e. The van der Waals surface area contributed by atoms with Crippen LogP contribution in [-0.2, 0) is 14.3 Å². The van der Waals surface area contributed by atoms with E-state index in [0.29, 0.717) is 0 Å². The molecular weight excluding hydrogens is 284 g/mol. The Morgan fingerprint density at radius 2 is 1.62 bits per heavy atom. The van der Waals surface area contributed by atoms with Gasteiger partial charge in [0.05, 0.1) is 36.7 Å². The van der Waals surface area contributed by atoms with Gasteiger partial charge in [0.15, 0.2) is 0 Å². The zero-order chi connectivity index (χ0) is 16.2. The molecule has 1 aromatic carbocycles. The molecule has 9 nitrogen and oxygen atoms in total. The number of methoxy groups -OCH3 is 2. The van der Waals surface area contributed by atoms with Crippen molar-refractivity contribution < 1.29 is 29.1 Å². The van der Waals surface area contributed by atoms with Crippen LogP contribution in [0.2, 0.25) is 0 Å². The van der Waals surface area contributed by atoms with Crippen molar-refractivity contribution in [2.45, 2.75) is 6.92 Å². The Morgan fingerprint density at radius 1 is 1.14 bits per heavy atom. The Balaban J connectivity index is 3.56. The highest BCUT2D eigenvalue weighted by atomic mass is 16.8. The highest BCUT2D eigenvalue weighted by molar-refractivity contribution is 6.06. The Bertz CT molecular complexity index is 583. The van der Waals surface area contributed by atoms with E-state index >= 15 is 0 Å². The van der Waals surface area contributed by atoms with Gasteiger partial charge in [-0.1, -0.05) is 0 Å². The molecule has 9 heteroatoms. The number of esters is 2. The van der Waals surface area contributed by atoms with Crippen molar-refractivity contribution in [3.63, 3.8) is 0 Å². The minimum Gasteiger partial charge on any atom is -0.733 e. The van der Waals surface area contributed by atoms with Gasteiger partial charge < -0.3 is 25.2 Å². The third kappa shape index (κ3) is 3.68. The molecule has 0 radical (unpaired) electrons. The molecule has 0 heterocycles. The van der Waals surface area contributed by atoms with Crippen molar-refractivity contribution in [3.8, 4) is 0 Å². The van der Waals surface area contributed by atoms with Crippen molar-refractivity contribution in [1.82, 2.24) is 0 Å². The fourth-order valence-electron chi connectivity index (χ4n) is 1.59. The van der Waals surface area contributed by atoms with Gasteiger partial charge in [-0.3, -0.25) is 10.0 Å². The van der Waals surface area contributed by atoms with Crippen LogP contribution in [0.1, 0.15) is 27.6 Å². The van der Waals surface area contributed by atoms with Crippen LogP contribution in [0.25, 0.3) is 0 Å². The molecule has 0 fully saturated rings. The maximum absolute atomic E-state index is 11.7. The van der Waals surface area contributed by atoms with Gasteiger partial charge in [-0.2, -0.15) is 0 Å². The predicted octanol–water partition coefficient (Wildman–Crippen LogP) is 0.912. The van der Waals surface area contributed by atoms with E-state index < -0.39 is 28.8 Å². The van der Waals surface area contributed by atoms with Crippen LogP contribution < -0.4 is 10.5 Å². The molecule has 2 N–H and O–H groups in total. The van der Waals surface area contributed by atoms with Crippen LogP contribution in [0.3, 0.4) is 0 Å². The van der Waals surface area contributed by atoms with Gasteiger partial charge in [0.25, 0.3) is 0 Å². The van der Waals surface area contributed by atoms with Gasteiger partial charge in [-0.25, -0.2) is 9.59 Å². The number of nitrogens with zero attached hydrogens (tertiary/aromatic N) is 1. The van der Waals surface area contributed by atoms with E-state index in [0.717, 1.165) is 26.4 Å². The summed E-state index contributed by atoms with van der Waals surface area (Å²) in [6.45, 7) is 1.17. The first-order chi connectivity index (χ1) is 9.81. The van der Waals surface area contributed by atoms with Crippen LogP contribution in [0.15, 0.2) is 12.1 Å². The fourth-order valence-corrected chi connectivity index (χ4v) is 1.59. The topological polar surface area (TPSA) is 128 Å². The van der Waals surface area contributed by atoms with E-state index in [1.165, 1.54) is 6.92 Å². The molecule has 0 aliphatic carbocycles. The molecule has 0 spiro atoms. The maximum atomic E-state index is 11.7. The lowest BCUT2D eigenvalue weighted by Gasteiger charge is -2.25. The van der Waals surface area contributed by atoms with E-state index in [9.17, 15) is 19.6 Å². The SMILES string of the molecule is COC(=O)c1cc(NC(C)=O)c(N([O-])O)cc1C(=O)OC. The molecule has 0 aliphatic heterocycles. The van der Waals surface area contributed by atoms with Crippen LogP contribution in [0.5, 0.6) is 0 Å². The molecule has 0 saturated heterocycles. The van der Waals surface area contributed by atoms with Crippen LogP contribution in [-0.4, -0.2) is 37.3 Å². The number of ether oxygens (including phenoxy) is 2. The molecule has 0 saturated carbocycles. The fraction of sp³-hybridized carbons (Fsp3) is 0.250. The maximum Gasteiger partial charge on any atom is 0.338 e. The molecule has 21 heavy (non-hydrogen) atoms. The summed E-state index contributed by atoms with van der Waals surface area (Å²) < 4.78 is 9.01. The molecule has 0 aromatic heterocycles. The molecule has 0 atom stereocenters. The molecule has 1 amide bonds. The average molecular weight is 297 g/mol. The van der Waals surface area contributed by atoms with Crippen molar-refractivity contribution >= 4 is 29.2 Å². The molecule has 114 valence electrons. The second kappa shape index (κ2) is 6.68. The van der Waals surface area contributed by atoms with E-state index in [-0.39, 0.29) is 16.8 Å². The number of hydrogen-bond acceptors (Lipinski definition) is 8. The quantitative estimate of drug-likeness (QED) is 0.620. The van der Waals surface area contributed by atoms with E-state index in [2.05, 4.69) is 14.8 Å². The third-order valence-corrected chi connectivity index (χ3v) is 2.46. The molecule has 0 unspecified atom stereocenters. The highest BCUT2D eigenvalue weighted by Crippen LogP contribution is 2.30. The number of carbonyl (C=O) groups excluding carboxylic acids is 3. The summed E-state index contributed by atoms with van der Waals surface area (Å²) in [7, 11) is 2.18. The first-order valence-electron chi connectivity index (χ1n) is 5.60. The second-order valence-corrected chi connectivity index (χ2v) is 3.85. The van der Waals surface area contributed by atoms with E-state index in [1.807, 2.05) is 0 Å². The highest BCUT2D eigenvalue weighted by Gasteiger charge is 2.22. The Morgan fingerprint density at radius 3 is 2.00 bits per heavy atom. The lowest BCUT2D eigenvalue weighted by atomic mass is 10.0. The zero-order valence-corrected chi connectivity index (χ0v) is 11.5. The van der Waals surface area contributed by atoms with Gasteiger partial charge in [0.2, 0.25) is 5.91 Å². The summed E-state index contributed by atoms with van der Waals surface area (Å²) in [4.78, 5) is 34.4. The summed E-state index contributed by atoms with van der Waals surface area (Å²) in [6, 6.07) is 1.95. The monoisotopic (exact) mass is 297 g/mol. The summed E-state index contributed by atoms with van der Waals surface area (Å²) >= 11 is 0. The lowest BCUT2D eigenvalue weighted by molar-refractivity contribution is -0.114. The van der Waals surface area contributed by atoms with Gasteiger partial charge in [0, 0.05) is 6.92 Å². The Hall–Kier alpha value is -2.65. The summed E-state index contributed by atoms with van der Waals surface area (Å²) in [5.41, 5.74) is -1.10. The first-order valence-corrected chi connectivity index (χ1v) is 5.60. The minimum absolute atomic E-state index is 0.159. The number of rotatable bonds is 4. The molecule has 0 bridgehead atoms. The number of hydrogen-bond donors (Lipinski definition) is 2. The van der Waals surface area contributed by atoms with E-state index in [4.69, 9.17) is 5.21 Å². The van der Waals surface area contributed by atoms with Crippen molar-refractivity contribution in [2.24, 2.45) is 0 Å².